The molecule has 1 N–H and O–H groups in total. The standard InChI is InChI=1S/C14H19N5O/c1-4-8-20-14-18-12(17-13(19-14)16-5-2)11-6-7-15-9-10(11)3/h6-7,9H,4-5,8H2,1-3H3,(H,16,17,18,19). The minimum Gasteiger partial charge on any atom is -0.463 e. The van der Waals surface area contributed by atoms with Crippen molar-refractivity contribution in [1.29, 1.82) is 0 Å². The maximum atomic E-state index is 5.53. The van der Waals surface area contributed by atoms with Crippen LogP contribution in [0.25, 0.3) is 11.4 Å². The SMILES string of the molecule is CCCOc1nc(NCC)nc(-c2ccncc2C)n1. The highest BCUT2D eigenvalue weighted by atomic mass is 16.5. The van der Waals surface area contributed by atoms with Gasteiger partial charge < -0.3 is 10.1 Å². The molecule has 2 aromatic heterocycles. The molecule has 2 aromatic rings. The lowest BCUT2D eigenvalue weighted by Crippen LogP contribution is -2.08. The summed E-state index contributed by atoms with van der Waals surface area (Å²) in [6, 6.07) is 2.24. The predicted molar refractivity (Wildman–Crippen MR) is 77.7 cm³/mol. The summed E-state index contributed by atoms with van der Waals surface area (Å²) in [5, 5.41) is 3.10. The van der Waals surface area contributed by atoms with Crippen molar-refractivity contribution in [1.82, 2.24) is 19.9 Å². The quantitative estimate of drug-likeness (QED) is 0.871. The lowest BCUT2D eigenvalue weighted by atomic mass is 10.1. The third-order valence-electron chi connectivity index (χ3n) is 2.65. The number of nitrogens with zero attached hydrogens (tertiary/aromatic N) is 4. The van der Waals surface area contributed by atoms with Crippen LogP contribution in [0.15, 0.2) is 18.5 Å². The Labute approximate surface area is 118 Å². The predicted octanol–water partition coefficient (Wildman–Crippen LogP) is 2.46. The van der Waals surface area contributed by atoms with Gasteiger partial charge in [0.05, 0.1) is 6.61 Å². The first-order valence-electron chi connectivity index (χ1n) is 6.78. The summed E-state index contributed by atoms with van der Waals surface area (Å²) in [6.07, 6.45) is 4.43. The summed E-state index contributed by atoms with van der Waals surface area (Å²) in [5.74, 6) is 1.13. The number of anilines is 1. The van der Waals surface area contributed by atoms with Crippen LogP contribution in [0.1, 0.15) is 25.8 Å². The topological polar surface area (TPSA) is 72.8 Å². The Morgan fingerprint density at radius 1 is 1.20 bits per heavy atom. The van der Waals surface area contributed by atoms with E-state index < -0.39 is 0 Å². The zero-order valence-electron chi connectivity index (χ0n) is 12.1. The van der Waals surface area contributed by atoms with E-state index >= 15 is 0 Å². The number of ether oxygens (including phenoxy) is 1. The van der Waals surface area contributed by atoms with Crippen LogP contribution >= 0.6 is 0 Å². The highest BCUT2D eigenvalue weighted by Crippen LogP contribution is 2.21. The van der Waals surface area contributed by atoms with Crippen molar-refractivity contribution in [2.75, 3.05) is 18.5 Å². The van der Waals surface area contributed by atoms with Gasteiger partial charge in [-0.2, -0.15) is 15.0 Å². The molecule has 0 saturated carbocycles. The number of hydrogen-bond acceptors (Lipinski definition) is 6. The van der Waals surface area contributed by atoms with Crippen LogP contribution in [0.2, 0.25) is 0 Å². The minimum atomic E-state index is 0.351. The highest BCUT2D eigenvalue weighted by Gasteiger charge is 2.11. The molecule has 0 aliphatic rings. The van der Waals surface area contributed by atoms with E-state index in [1.807, 2.05) is 26.8 Å². The molecule has 0 aromatic carbocycles. The molecule has 6 heteroatoms. The van der Waals surface area contributed by atoms with Crippen molar-refractivity contribution in [3.63, 3.8) is 0 Å². The van der Waals surface area contributed by atoms with Gasteiger partial charge in [-0.25, -0.2) is 0 Å². The van der Waals surface area contributed by atoms with Gasteiger partial charge in [0.1, 0.15) is 0 Å². The Morgan fingerprint density at radius 3 is 2.75 bits per heavy atom. The van der Waals surface area contributed by atoms with Crippen LogP contribution in [0, 0.1) is 6.92 Å². The summed E-state index contributed by atoms with van der Waals surface area (Å²) in [7, 11) is 0. The van der Waals surface area contributed by atoms with Gasteiger partial charge in [0.25, 0.3) is 0 Å². The van der Waals surface area contributed by atoms with Gasteiger partial charge in [0.2, 0.25) is 5.95 Å². The normalized spacial score (nSPS) is 10.3. The second-order valence-electron chi connectivity index (χ2n) is 4.33. The van der Waals surface area contributed by atoms with Crippen molar-refractivity contribution < 1.29 is 4.74 Å². The molecule has 0 unspecified atom stereocenters. The first kappa shape index (κ1) is 14.2. The monoisotopic (exact) mass is 273 g/mol. The Morgan fingerprint density at radius 2 is 2.05 bits per heavy atom. The van der Waals surface area contributed by atoms with Gasteiger partial charge in [-0.1, -0.05) is 6.92 Å². The van der Waals surface area contributed by atoms with Crippen LogP contribution in [0.3, 0.4) is 0 Å². The van der Waals surface area contributed by atoms with E-state index in [4.69, 9.17) is 4.74 Å². The first-order chi connectivity index (χ1) is 9.74. The third-order valence-corrected chi connectivity index (χ3v) is 2.65. The number of hydrogen-bond donors (Lipinski definition) is 1. The van der Waals surface area contributed by atoms with E-state index in [1.165, 1.54) is 0 Å². The number of nitrogens with one attached hydrogen (secondary N) is 1. The Kier molecular flexibility index (Phi) is 4.81. The molecule has 0 amide bonds. The fourth-order valence-electron chi connectivity index (χ4n) is 1.70. The van der Waals surface area contributed by atoms with Crippen molar-refractivity contribution in [3.05, 3.63) is 24.0 Å². The second-order valence-corrected chi connectivity index (χ2v) is 4.33. The second kappa shape index (κ2) is 6.79. The number of aromatic nitrogens is 4. The third kappa shape index (κ3) is 3.40. The zero-order chi connectivity index (χ0) is 14.4. The Bertz CT molecular complexity index is 573. The fraction of sp³-hybridized carbons (Fsp3) is 0.429. The van der Waals surface area contributed by atoms with E-state index in [1.54, 1.807) is 12.4 Å². The average Bonchev–Trinajstić information content (AvgIpc) is 2.46. The number of aryl methyl sites for hydroxylation is 1. The summed E-state index contributed by atoms with van der Waals surface area (Å²) in [5.41, 5.74) is 1.95. The molecule has 0 saturated heterocycles. The summed E-state index contributed by atoms with van der Waals surface area (Å²) >= 11 is 0. The Balaban J connectivity index is 2.40. The molecule has 2 rings (SSSR count). The molecule has 20 heavy (non-hydrogen) atoms. The lowest BCUT2D eigenvalue weighted by Gasteiger charge is -2.09. The molecule has 0 spiro atoms. The molecule has 0 radical (unpaired) electrons. The summed E-state index contributed by atoms with van der Waals surface area (Å²) in [4.78, 5) is 17.1. The lowest BCUT2D eigenvalue weighted by molar-refractivity contribution is 0.292. The van der Waals surface area contributed by atoms with Crippen LogP contribution < -0.4 is 10.1 Å². The largest absolute Gasteiger partial charge is 0.463 e. The van der Waals surface area contributed by atoms with Crippen LogP contribution in [-0.2, 0) is 0 Å². The molecule has 6 nitrogen and oxygen atoms in total. The van der Waals surface area contributed by atoms with E-state index in [2.05, 4.69) is 25.3 Å². The van der Waals surface area contributed by atoms with E-state index in [9.17, 15) is 0 Å². The van der Waals surface area contributed by atoms with Crippen molar-refractivity contribution in [2.45, 2.75) is 27.2 Å². The molecule has 2 heterocycles. The van der Waals surface area contributed by atoms with Gasteiger partial charge in [-0.15, -0.1) is 0 Å². The van der Waals surface area contributed by atoms with Crippen LogP contribution in [-0.4, -0.2) is 33.1 Å². The fourth-order valence-corrected chi connectivity index (χ4v) is 1.70. The van der Waals surface area contributed by atoms with Gasteiger partial charge >= 0.3 is 6.01 Å². The van der Waals surface area contributed by atoms with Gasteiger partial charge in [0, 0.05) is 24.5 Å². The number of rotatable bonds is 6. The van der Waals surface area contributed by atoms with E-state index in [0.29, 0.717) is 24.4 Å². The number of pyridine rings is 1. The zero-order valence-corrected chi connectivity index (χ0v) is 12.1. The maximum Gasteiger partial charge on any atom is 0.321 e. The minimum absolute atomic E-state index is 0.351. The van der Waals surface area contributed by atoms with Crippen molar-refractivity contribution in [2.24, 2.45) is 0 Å². The van der Waals surface area contributed by atoms with Crippen LogP contribution in [0.5, 0.6) is 6.01 Å². The Hall–Kier alpha value is -2.24. The van der Waals surface area contributed by atoms with Gasteiger partial charge in [-0.3, -0.25) is 4.98 Å². The van der Waals surface area contributed by atoms with Crippen LogP contribution in [0.4, 0.5) is 5.95 Å². The summed E-state index contributed by atoms with van der Waals surface area (Å²) in [6.45, 7) is 7.34. The molecule has 0 aliphatic heterocycles. The van der Waals surface area contributed by atoms with Gasteiger partial charge in [-0.05, 0) is 31.9 Å². The van der Waals surface area contributed by atoms with Crippen molar-refractivity contribution >= 4 is 5.95 Å². The molecule has 0 aliphatic carbocycles. The summed E-state index contributed by atoms with van der Waals surface area (Å²) < 4.78 is 5.53. The average molecular weight is 273 g/mol. The van der Waals surface area contributed by atoms with Crippen molar-refractivity contribution in [3.8, 4) is 17.4 Å². The van der Waals surface area contributed by atoms with E-state index in [-0.39, 0.29) is 0 Å². The molecular formula is C14H19N5O. The highest BCUT2D eigenvalue weighted by molar-refractivity contribution is 5.60. The molecular weight excluding hydrogens is 254 g/mol. The molecule has 0 bridgehead atoms. The maximum absolute atomic E-state index is 5.53. The van der Waals surface area contributed by atoms with Gasteiger partial charge in [0.15, 0.2) is 5.82 Å². The van der Waals surface area contributed by atoms with E-state index in [0.717, 1.165) is 24.1 Å². The molecule has 0 atom stereocenters. The first-order valence-corrected chi connectivity index (χ1v) is 6.78. The molecule has 106 valence electrons. The smallest absolute Gasteiger partial charge is 0.321 e. The molecule has 0 fully saturated rings.